The lowest BCUT2D eigenvalue weighted by Gasteiger charge is -2.17. The molecule has 0 aliphatic rings. The lowest BCUT2D eigenvalue weighted by Crippen LogP contribution is -2.38. The zero-order valence-electron chi connectivity index (χ0n) is 22.4. The number of rotatable bonds is 11. The van der Waals surface area contributed by atoms with Crippen molar-refractivity contribution < 1.29 is 32.3 Å². The van der Waals surface area contributed by atoms with Crippen LogP contribution in [-0.2, 0) is 32.6 Å². The van der Waals surface area contributed by atoms with Crippen molar-refractivity contribution in [1.82, 2.24) is 5.32 Å². The first-order valence-electron chi connectivity index (χ1n) is 13.1. The van der Waals surface area contributed by atoms with Crippen LogP contribution >= 0.6 is 0 Å². The molecule has 214 valence electrons. The summed E-state index contributed by atoms with van der Waals surface area (Å²) in [6, 6.07) is 31.2. The van der Waals surface area contributed by atoms with Crippen molar-refractivity contribution in [3.05, 3.63) is 121 Å². The Bertz CT molecular complexity index is 1800. The number of carbonyl (C=O) groups is 2. The predicted octanol–water partition coefficient (Wildman–Crippen LogP) is 6.21. The second-order valence-electron chi connectivity index (χ2n) is 9.67. The van der Waals surface area contributed by atoms with E-state index in [1.54, 1.807) is 48.5 Å². The quantitative estimate of drug-likeness (QED) is 0.168. The van der Waals surface area contributed by atoms with Gasteiger partial charge >= 0.3 is 12.1 Å². The van der Waals surface area contributed by atoms with Crippen LogP contribution in [0.5, 0.6) is 0 Å². The van der Waals surface area contributed by atoms with Crippen molar-refractivity contribution in [2.24, 2.45) is 0 Å². The predicted molar refractivity (Wildman–Crippen MR) is 158 cm³/mol. The number of sulfonamides is 1. The minimum absolute atomic E-state index is 0.115. The summed E-state index contributed by atoms with van der Waals surface area (Å²) in [4.78, 5) is 24.2. The number of amides is 1. The summed E-state index contributed by atoms with van der Waals surface area (Å²) in [5.41, 5.74) is 3.69. The molecule has 4 aromatic carbocycles. The molecule has 1 aromatic heterocycles. The molecule has 9 nitrogen and oxygen atoms in total. The van der Waals surface area contributed by atoms with E-state index in [0.717, 1.165) is 16.5 Å². The molecule has 3 N–H and O–H groups in total. The van der Waals surface area contributed by atoms with Gasteiger partial charge in [-0.1, -0.05) is 66.7 Å². The first kappa shape index (κ1) is 28.4. The van der Waals surface area contributed by atoms with Crippen molar-refractivity contribution in [3.8, 4) is 11.1 Å². The number of aliphatic carboxylic acids is 1. The standard InChI is InChI=1S/C32H28N2O7S/c35-31(36)20-27(17-22-8-7-11-26(16-22)34-42(38,39)29-12-5-2-6-13-29)33-32(37)40-21-28-19-25-18-24(14-15-30(25)41-28)23-9-3-1-4-10-23/h1-16,18-19,27,34H,17,20-21H2,(H,33,37)(H,35,36). The van der Waals surface area contributed by atoms with Crippen LogP contribution in [0.2, 0.25) is 0 Å². The van der Waals surface area contributed by atoms with Crippen LogP contribution in [0.15, 0.2) is 119 Å². The topological polar surface area (TPSA) is 135 Å². The molecule has 5 rings (SSSR count). The molecule has 1 unspecified atom stereocenters. The lowest BCUT2D eigenvalue weighted by molar-refractivity contribution is -0.137. The van der Waals surface area contributed by atoms with E-state index < -0.39 is 28.1 Å². The number of ether oxygens (including phenoxy) is 1. The van der Waals surface area contributed by atoms with Crippen LogP contribution in [0, 0.1) is 0 Å². The van der Waals surface area contributed by atoms with Crippen molar-refractivity contribution in [1.29, 1.82) is 0 Å². The zero-order valence-corrected chi connectivity index (χ0v) is 23.2. The smallest absolute Gasteiger partial charge is 0.407 e. The number of fused-ring (bicyclic) bond motifs is 1. The zero-order chi connectivity index (χ0) is 29.5. The fourth-order valence-electron chi connectivity index (χ4n) is 4.57. The molecule has 0 saturated heterocycles. The van der Waals surface area contributed by atoms with Gasteiger partial charge in [-0.3, -0.25) is 9.52 Å². The van der Waals surface area contributed by atoms with Gasteiger partial charge in [0.05, 0.1) is 11.3 Å². The van der Waals surface area contributed by atoms with E-state index >= 15 is 0 Å². The van der Waals surface area contributed by atoms with E-state index in [4.69, 9.17) is 9.15 Å². The monoisotopic (exact) mass is 584 g/mol. The van der Waals surface area contributed by atoms with Crippen LogP contribution in [0.1, 0.15) is 17.7 Å². The van der Waals surface area contributed by atoms with Gasteiger partial charge in [0.2, 0.25) is 0 Å². The molecule has 0 fully saturated rings. The van der Waals surface area contributed by atoms with E-state index in [0.29, 0.717) is 22.6 Å². The summed E-state index contributed by atoms with van der Waals surface area (Å²) >= 11 is 0. The minimum atomic E-state index is -3.80. The Balaban J connectivity index is 1.21. The molecular weight excluding hydrogens is 556 g/mol. The maximum atomic E-state index is 12.7. The minimum Gasteiger partial charge on any atom is -0.481 e. The molecule has 0 aliphatic heterocycles. The number of carboxylic acid groups (broad SMARTS) is 1. The van der Waals surface area contributed by atoms with Crippen LogP contribution < -0.4 is 10.0 Å². The number of furan rings is 1. The fourth-order valence-corrected chi connectivity index (χ4v) is 5.64. The maximum absolute atomic E-state index is 12.7. The van der Waals surface area contributed by atoms with E-state index in [-0.39, 0.29) is 24.3 Å². The van der Waals surface area contributed by atoms with Gasteiger partial charge in [-0.05, 0) is 65.6 Å². The van der Waals surface area contributed by atoms with Crippen LogP contribution in [0.4, 0.5) is 10.5 Å². The number of nitrogens with one attached hydrogen (secondary N) is 2. The van der Waals surface area contributed by atoms with Gasteiger partial charge in [-0.25, -0.2) is 13.2 Å². The molecule has 0 aliphatic carbocycles. The van der Waals surface area contributed by atoms with Crippen molar-refractivity contribution in [2.45, 2.75) is 30.4 Å². The highest BCUT2D eigenvalue weighted by molar-refractivity contribution is 7.92. The summed E-state index contributed by atoms with van der Waals surface area (Å²) in [6.45, 7) is -0.141. The molecular formula is C32H28N2O7S. The number of hydrogen-bond acceptors (Lipinski definition) is 6. The van der Waals surface area contributed by atoms with E-state index in [9.17, 15) is 23.1 Å². The van der Waals surface area contributed by atoms with Crippen molar-refractivity contribution >= 4 is 38.7 Å². The maximum Gasteiger partial charge on any atom is 0.407 e. The van der Waals surface area contributed by atoms with Gasteiger partial charge < -0.3 is 19.6 Å². The third-order valence-corrected chi connectivity index (χ3v) is 7.87. The van der Waals surface area contributed by atoms with E-state index in [1.165, 1.54) is 12.1 Å². The SMILES string of the molecule is O=C(O)CC(Cc1cccc(NS(=O)(=O)c2ccccc2)c1)NC(=O)OCc1cc2cc(-c3ccccc3)ccc2o1. The third kappa shape index (κ3) is 7.35. The summed E-state index contributed by atoms with van der Waals surface area (Å²) in [7, 11) is -3.80. The number of benzene rings is 4. The van der Waals surface area contributed by atoms with Gasteiger partial charge in [0.15, 0.2) is 6.61 Å². The van der Waals surface area contributed by atoms with Gasteiger partial charge in [0.25, 0.3) is 10.0 Å². The molecule has 0 bridgehead atoms. The normalized spacial score (nSPS) is 12.0. The van der Waals surface area contributed by atoms with Gasteiger partial charge in [0.1, 0.15) is 11.3 Å². The molecule has 42 heavy (non-hydrogen) atoms. The highest BCUT2D eigenvalue weighted by Crippen LogP contribution is 2.27. The first-order chi connectivity index (χ1) is 20.2. The average molecular weight is 585 g/mol. The Morgan fingerprint density at radius 2 is 1.57 bits per heavy atom. The largest absolute Gasteiger partial charge is 0.481 e. The molecule has 0 saturated carbocycles. The Labute approximate surface area is 242 Å². The molecule has 10 heteroatoms. The molecule has 5 aromatic rings. The summed E-state index contributed by atoms with van der Waals surface area (Å²) < 4.78 is 39.0. The summed E-state index contributed by atoms with van der Waals surface area (Å²) in [6.07, 6.45) is -1.02. The Hall–Kier alpha value is -5.09. The average Bonchev–Trinajstić information content (AvgIpc) is 3.39. The second-order valence-corrected chi connectivity index (χ2v) is 11.4. The Morgan fingerprint density at radius 3 is 2.31 bits per heavy atom. The van der Waals surface area contributed by atoms with Gasteiger partial charge in [0, 0.05) is 17.1 Å². The Morgan fingerprint density at radius 1 is 0.833 bits per heavy atom. The summed E-state index contributed by atoms with van der Waals surface area (Å²) in [5.74, 6) is -0.661. The van der Waals surface area contributed by atoms with Crippen LogP contribution in [0.3, 0.4) is 0 Å². The van der Waals surface area contributed by atoms with E-state index in [1.807, 2.05) is 48.5 Å². The third-order valence-electron chi connectivity index (χ3n) is 6.48. The highest BCUT2D eigenvalue weighted by Gasteiger charge is 2.19. The molecule has 1 heterocycles. The fraction of sp³-hybridized carbons (Fsp3) is 0.125. The van der Waals surface area contributed by atoms with Crippen molar-refractivity contribution in [2.75, 3.05) is 4.72 Å². The number of alkyl carbamates (subject to hydrolysis) is 1. The molecule has 1 amide bonds. The van der Waals surface area contributed by atoms with Crippen LogP contribution in [0.25, 0.3) is 22.1 Å². The molecule has 0 radical (unpaired) electrons. The highest BCUT2D eigenvalue weighted by atomic mass is 32.2. The Kier molecular flexibility index (Phi) is 8.54. The molecule has 0 spiro atoms. The van der Waals surface area contributed by atoms with Gasteiger partial charge in [-0.2, -0.15) is 0 Å². The number of hydrogen-bond donors (Lipinski definition) is 3. The summed E-state index contributed by atoms with van der Waals surface area (Å²) in [5, 5.41) is 12.9. The van der Waals surface area contributed by atoms with E-state index in [2.05, 4.69) is 10.0 Å². The lowest BCUT2D eigenvalue weighted by atomic mass is 10.0. The number of carboxylic acids is 1. The second kappa shape index (κ2) is 12.6. The van der Waals surface area contributed by atoms with Crippen LogP contribution in [-0.4, -0.2) is 31.6 Å². The number of anilines is 1. The van der Waals surface area contributed by atoms with Gasteiger partial charge in [-0.15, -0.1) is 0 Å². The first-order valence-corrected chi connectivity index (χ1v) is 14.6. The number of carbonyl (C=O) groups excluding carboxylic acids is 1. The molecule has 1 atom stereocenters. The van der Waals surface area contributed by atoms with Crippen molar-refractivity contribution in [3.63, 3.8) is 0 Å².